The second kappa shape index (κ2) is 11.8. The van der Waals surface area contributed by atoms with Crippen LogP contribution in [0.4, 0.5) is 0 Å². The number of hydrogen-bond acceptors (Lipinski definition) is 6. The van der Waals surface area contributed by atoms with Crippen LogP contribution in [0.15, 0.2) is 158 Å². The summed E-state index contributed by atoms with van der Waals surface area (Å²) in [6.07, 6.45) is 0. The molecule has 0 aliphatic rings. The van der Waals surface area contributed by atoms with Crippen molar-refractivity contribution in [2.24, 2.45) is 0 Å². The van der Waals surface area contributed by atoms with E-state index in [2.05, 4.69) is 91.0 Å². The molecule has 0 fully saturated rings. The summed E-state index contributed by atoms with van der Waals surface area (Å²) in [4.78, 5) is 19.8. The van der Waals surface area contributed by atoms with Crippen LogP contribution in [0, 0.1) is 0 Å². The molecule has 7 aromatic carbocycles. The monoisotopic (exact) mass is 674 g/mol. The second-order valence-corrected chi connectivity index (χ2v) is 14.4. The Bertz CT molecular complexity index is 2800. The predicted molar refractivity (Wildman–Crippen MR) is 211 cm³/mol. The van der Waals surface area contributed by atoms with E-state index in [0.717, 1.165) is 32.8 Å². The van der Waals surface area contributed by atoms with Gasteiger partial charge in [-0.25, -0.2) is 19.9 Å². The maximum absolute atomic E-state index is 4.98. The van der Waals surface area contributed by atoms with Crippen LogP contribution in [0.1, 0.15) is 0 Å². The molecule has 0 amide bonds. The lowest BCUT2D eigenvalue weighted by Crippen LogP contribution is -1.99. The molecule has 0 bridgehead atoms. The van der Waals surface area contributed by atoms with E-state index in [0.29, 0.717) is 17.5 Å². The molecule has 3 aromatic heterocycles. The van der Waals surface area contributed by atoms with Crippen LogP contribution in [0.25, 0.3) is 97.0 Å². The summed E-state index contributed by atoms with van der Waals surface area (Å²) < 4.78 is 3.68. The Balaban J connectivity index is 1.06. The van der Waals surface area contributed by atoms with Gasteiger partial charge < -0.3 is 0 Å². The average Bonchev–Trinajstić information content (AvgIpc) is 3.80. The first-order valence-corrected chi connectivity index (χ1v) is 18.1. The van der Waals surface area contributed by atoms with Crippen LogP contribution in [-0.4, -0.2) is 19.9 Å². The van der Waals surface area contributed by atoms with Crippen LogP contribution in [0.3, 0.4) is 0 Å². The number of fused-ring (bicyclic) bond motifs is 6. The van der Waals surface area contributed by atoms with Crippen molar-refractivity contribution in [1.82, 2.24) is 19.9 Å². The lowest BCUT2D eigenvalue weighted by atomic mass is 9.99. The lowest BCUT2D eigenvalue weighted by Gasteiger charge is -2.08. The van der Waals surface area contributed by atoms with E-state index in [4.69, 9.17) is 19.9 Å². The minimum atomic E-state index is 0.665. The molecular weight excluding hydrogens is 649 g/mol. The maximum Gasteiger partial charge on any atom is 0.164 e. The average molecular weight is 675 g/mol. The van der Waals surface area contributed by atoms with Gasteiger partial charge in [0.05, 0.1) is 10.2 Å². The molecule has 3 heterocycles. The van der Waals surface area contributed by atoms with Crippen molar-refractivity contribution in [3.63, 3.8) is 0 Å². The van der Waals surface area contributed by atoms with Crippen LogP contribution >= 0.6 is 22.7 Å². The van der Waals surface area contributed by atoms with Crippen molar-refractivity contribution in [3.05, 3.63) is 158 Å². The molecule has 0 spiro atoms. The van der Waals surface area contributed by atoms with Gasteiger partial charge in [-0.2, -0.15) is 0 Å². The first kappa shape index (κ1) is 28.9. The number of hydrogen-bond donors (Lipinski definition) is 0. The zero-order valence-electron chi connectivity index (χ0n) is 26.6. The van der Waals surface area contributed by atoms with E-state index in [-0.39, 0.29) is 0 Å². The molecule has 0 saturated heterocycles. The Morgan fingerprint density at radius 1 is 0.340 bits per heavy atom. The minimum absolute atomic E-state index is 0.665. The number of rotatable bonds is 5. The number of thiophene rings is 1. The topological polar surface area (TPSA) is 51.6 Å². The molecule has 4 nitrogen and oxygen atoms in total. The van der Waals surface area contributed by atoms with Crippen LogP contribution in [0.2, 0.25) is 0 Å². The first-order chi connectivity index (χ1) is 24.7. The van der Waals surface area contributed by atoms with Crippen LogP contribution in [0.5, 0.6) is 0 Å². The molecule has 10 rings (SSSR count). The summed E-state index contributed by atoms with van der Waals surface area (Å²) in [6.45, 7) is 0. The Labute approximate surface area is 296 Å². The fourth-order valence-electron chi connectivity index (χ4n) is 6.62. The summed E-state index contributed by atoms with van der Waals surface area (Å²) in [5.41, 5.74) is 7.49. The Hall–Kier alpha value is -6.08. The van der Waals surface area contributed by atoms with Gasteiger partial charge >= 0.3 is 0 Å². The van der Waals surface area contributed by atoms with E-state index in [1.807, 2.05) is 66.7 Å². The molecule has 0 atom stereocenters. The highest BCUT2D eigenvalue weighted by atomic mass is 32.1. The number of aromatic nitrogens is 4. The van der Waals surface area contributed by atoms with Gasteiger partial charge in [0.25, 0.3) is 0 Å². The molecular formula is C44H26N4S2. The number of nitrogens with zero attached hydrogens (tertiary/aromatic N) is 4. The van der Waals surface area contributed by atoms with Crippen LogP contribution in [-0.2, 0) is 0 Å². The zero-order valence-corrected chi connectivity index (χ0v) is 28.2. The number of benzene rings is 7. The van der Waals surface area contributed by atoms with E-state index >= 15 is 0 Å². The third-order valence-electron chi connectivity index (χ3n) is 9.15. The van der Waals surface area contributed by atoms with E-state index in [1.165, 1.54) is 46.8 Å². The third-order valence-corrected chi connectivity index (χ3v) is 11.4. The van der Waals surface area contributed by atoms with Crippen molar-refractivity contribution in [2.45, 2.75) is 0 Å². The summed E-state index contributed by atoms with van der Waals surface area (Å²) in [5.74, 6) is 1.99. The Kier molecular flexibility index (Phi) is 6.82. The van der Waals surface area contributed by atoms with Gasteiger partial charge in [-0.15, -0.1) is 22.7 Å². The molecule has 0 aliphatic carbocycles. The van der Waals surface area contributed by atoms with Crippen molar-refractivity contribution < 1.29 is 0 Å². The molecule has 6 heteroatoms. The molecule has 50 heavy (non-hydrogen) atoms. The molecule has 0 radical (unpaired) electrons. The summed E-state index contributed by atoms with van der Waals surface area (Å²) in [5, 5.41) is 6.00. The summed E-state index contributed by atoms with van der Waals surface area (Å²) >= 11 is 3.57. The van der Waals surface area contributed by atoms with Gasteiger partial charge in [-0.3, -0.25) is 0 Å². The van der Waals surface area contributed by atoms with E-state index in [9.17, 15) is 0 Å². The van der Waals surface area contributed by atoms with Gasteiger partial charge in [-0.1, -0.05) is 127 Å². The lowest BCUT2D eigenvalue weighted by molar-refractivity contribution is 1.07. The normalized spacial score (nSPS) is 11.6. The maximum atomic E-state index is 4.98. The van der Waals surface area contributed by atoms with Crippen LogP contribution < -0.4 is 0 Å². The van der Waals surface area contributed by atoms with E-state index < -0.39 is 0 Å². The largest absolute Gasteiger partial charge is 0.236 e. The standard InChI is InChI=1S/C44H26N4S2/c1-4-10-28(11-5-1)41-46-42(29-12-6-2-7-13-29)48-43(47-41)33-18-21-34-36-25-32(20-23-38(36)49-39(34)26-33)31-17-16-27-19-22-37-40(35(27)24-31)50-44(45-37)30-14-8-3-9-15-30/h1-26H. The fourth-order valence-corrected chi connectivity index (χ4v) is 8.84. The zero-order chi connectivity index (χ0) is 33.0. The molecule has 10 aromatic rings. The minimum Gasteiger partial charge on any atom is -0.236 e. The van der Waals surface area contributed by atoms with Gasteiger partial charge in [0, 0.05) is 47.8 Å². The van der Waals surface area contributed by atoms with E-state index in [1.54, 1.807) is 22.7 Å². The molecule has 0 aliphatic heterocycles. The highest BCUT2D eigenvalue weighted by Gasteiger charge is 2.15. The molecule has 0 N–H and O–H groups in total. The SMILES string of the molecule is c1ccc(-c2nc(-c3ccccc3)nc(-c3ccc4c(c3)sc3ccc(-c5ccc6ccc7nc(-c8ccccc8)sc7c6c5)cc34)n2)cc1. The first-order valence-electron chi connectivity index (χ1n) is 16.5. The van der Waals surface area contributed by atoms with Gasteiger partial charge in [0.15, 0.2) is 17.5 Å². The van der Waals surface area contributed by atoms with Crippen molar-refractivity contribution in [1.29, 1.82) is 0 Å². The summed E-state index contributed by atoms with van der Waals surface area (Å²) in [7, 11) is 0. The fraction of sp³-hybridized carbons (Fsp3) is 0. The van der Waals surface area contributed by atoms with Crippen molar-refractivity contribution >= 4 is 63.8 Å². The second-order valence-electron chi connectivity index (χ2n) is 12.3. The smallest absolute Gasteiger partial charge is 0.164 e. The van der Waals surface area contributed by atoms with Crippen molar-refractivity contribution in [2.75, 3.05) is 0 Å². The molecule has 234 valence electrons. The van der Waals surface area contributed by atoms with Gasteiger partial charge in [0.2, 0.25) is 0 Å². The van der Waals surface area contributed by atoms with Crippen molar-refractivity contribution in [3.8, 4) is 55.9 Å². The Morgan fingerprint density at radius 2 is 0.900 bits per heavy atom. The highest BCUT2D eigenvalue weighted by Crippen LogP contribution is 2.40. The molecule has 0 unspecified atom stereocenters. The predicted octanol–water partition coefficient (Wildman–Crippen LogP) is 12.3. The quantitative estimate of drug-likeness (QED) is 0.182. The highest BCUT2D eigenvalue weighted by molar-refractivity contribution is 7.25. The van der Waals surface area contributed by atoms with Gasteiger partial charge in [-0.05, 0) is 46.8 Å². The Morgan fingerprint density at radius 3 is 1.58 bits per heavy atom. The number of thiazole rings is 1. The third kappa shape index (κ3) is 5.05. The summed E-state index contributed by atoms with van der Waals surface area (Å²) in [6, 6.07) is 55.2. The van der Waals surface area contributed by atoms with Gasteiger partial charge in [0.1, 0.15) is 5.01 Å². The molecule has 0 saturated carbocycles.